The summed E-state index contributed by atoms with van der Waals surface area (Å²) in [4.78, 5) is 25.7. The van der Waals surface area contributed by atoms with Crippen LogP contribution in [0.3, 0.4) is 0 Å². The van der Waals surface area contributed by atoms with Crippen LogP contribution in [0.15, 0.2) is 0 Å². The highest BCUT2D eigenvalue weighted by Gasteiger charge is 2.27. The number of nitrogens with zero attached hydrogens (tertiary/aromatic N) is 2. The molecule has 0 aliphatic rings. The Labute approximate surface area is 340 Å². The molecule has 0 spiro atoms. The Morgan fingerprint density at radius 3 is 0.778 bits per heavy atom. The Morgan fingerprint density at radius 1 is 0.370 bits per heavy atom. The Morgan fingerprint density at radius 2 is 0.574 bits per heavy atom. The van der Waals surface area contributed by atoms with Crippen molar-refractivity contribution in [3.05, 3.63) is 0 Å². The third-order valence-electron chi connectivity index (χ3n) is 11.6. The van der Waals surface area contributed by atoms with Crippen molar-refractivity contribution in [3.8, 4) is 0 Å². The van der Waals surface area contributed by atoms with E-state index in [1.165, 1.54) is 154 Å². The van der Waals surface area contributed by atoms with E-state index in [-0.39, 0.29) is 0 Å². The maximum absolute atomic E-state index is 12.8. The third-order valence-corrected chi connectivity index (χ3v) is 15.6. The molecule has 54 heavy (non-hydrogen) atoms. The average molecular weight is 807 g/mol. The van der Waals surface area contributed by atoms with Crippen LogP contribution in [0.25, 0.3) is 0 Å². The number of unbranched alkanes of at least 4 members (excludes halogenated alkanes) is 20. The molecule has 0 heterocycles. The van der Waals surface area contributed by atoms with Crippen LogP contribution in [0.1, 0.15) is 223 Å². The Hall–Kier alpha value is 0.300. The number of hydrogen-bond donors (Lipinski definition) is 2. The molecule has 0 saturated heterocycles. The smallest absolute Gasteiger partial charge is 0.214 e. The van der Waals surface area contributed by atoms with Gasteiger partial charge in [-0.3, -0.25) is 18.9 Å². The van der Waals surface area contributed by atoms with E-state index in [0.29, 0.717) is 48.6 Å². The maximum atomic E-state index is 12.8. The molecule has 0 aliphatic heterocycles. The van der Waals surface area contributed by atoms with E-state index in [9.17, 15) is 18.9 Å². The highest BCUT2D eigenvalue weighted by atomic mass is 31.2. The van der Waals surface area contributed by atoms with E-state index in [4.69, 9.17) is 0 Å². The minimum atomic E-state index is -3.07. The number of rotatable bonds is 38. The van der Waals surface area contributed by atoms with Crippen molar-refractivity contribution in [2.24, 2.45) is 23.7 Å². The summed E-state index contributed by atoms with van der Waals surface area (Å²) < 4.78 is 25.6. The fourth-order valence-electron chi connectivity index (χ4n) is 7.03. The van der Waals surface area contributed by atoms with Gasteiger partial charge in [0.2, 0.25) is 14.7 Å². The summed E-state index contributed by atoms with van der Waals surface area (Å²) in [6.07, 6.45) is 32.4. The normalized spacial score (nSPS) is 15.4. The second-order valence-electron chi connectivity index (χ2n) is 18.1. The van der Waals surface area contributed by atoms with Gasteiger partial charge in [-0.05, 0) is 75.5 Å². The van der Waals surface area contributed by atoms with Crippen molar-refractivity contribution < 1.29 is 18.9 Å². The molecule has 0 aromatic rings. The van der Waals surface area contributed by atoms with Crippen molar-refractivity contribution >= 4 is 14.7 Å². The van der Waals surface area contributed by atoms with Crippen LogP contribution in [0, 0.1) is 23.7 Å². The minimum absolute atomic E-state index is 0.311. The molecule has 4 unspecified atom stereocenters. The van der Waals surface area contributed by atoms with Gasteiger partial charge in [0.25, 0.3) is 0 Å². The SMILES string of the molecule is CCCCCCCCN(CCCCCCCC)CP(=O)(O)CC(C)C(C)C.CCCCCCCCN(CCCCCCCC)CP(=O)(O)CC(C)C(C)C. The fourth-order valence-corrected chi connectivity index (χ4v) is 11.7. The molecule has 0 radical (unpaired) electrons. The monoisotopic (exact) mass is 807 g/mol. The van der Waals surface area contributed by atoms with Gasteiger partial charge >= 0.3 is 0 Å². The van der Waals surface area contributed by atoms with Crippen LogP contribution < -0.4 is 0 Å². The molecule has 0 amide bonds. The minimum Gasteiger partial charge on any atom is -0.343 e. The Balaban J connectivity index is 0. The first-order chi connectivity index (χ1) is 25.6. The van der Waals surface area contributed by atoms with E-state index < -0.39 is 14.7 Å². The van der Waals surface area contributed by atoms with Crippen molar-refractivity contribution in [2.75, 3.05) is 51.1 Å². The van der Waals surface area contributed by atoms with Gasteiger partial charge < -0.3 is 9.79 Å². The van der Waals surface area contributed by atoms with Gasteiger partial charge in [0.05, 0.1) is 12.6 Å². The lowest BCUT2D eigenvalue weighted by molar-refractivity contribution is 0.283. The standard InChI is InChI=1S/2C23H50NO2P/c2*1-6-8-10-12-14-16-18-24(19-17-15-13-11-9-7-2)21-27(25,26)20-23(5)22(3)4/h2*22-23H,6-21H2,1-5H3,(H,25,26). The van der Waals surface area contributed by atoms with Gasteiger partial charge in [-0.2, -0.15) is 0 Å². The quantitative estimate of drug-likeness (QED) is 0.0478. The molecular weight excluding hydrogens is 706 g/mol. The van der Waals surface area contributed by atoms with E-state index in [0.717, 1.165) is 26.2 Å². The van der Waals surface area contributed by atoms with Gasteiger partial charge in [-0.25, -0.2) is 0 Å². The van der Waals surface area contributed by atoms with Crippen LogP contribution in [0.5, 0.6) is 0 Å². The molecule has 8 heteroatoms. The summed E-state index contributed by atoms with van der Waals surface area (Å²) in [5.74, 6) is 1.56. The molecule has 2 N–H and O–H groups in total. The van der Waals surface area contributed by atoms with Gasteiger partial charge in [0.1, 0.15) is 0 Å². The first-order valence-electron chi connectivity index (χ1n) is 23.7. The van der Waals surface area contributed by atoms with Crippen LogP contribution in [-0.4, -0.2) is 70.7 Å². The predicted molar refractivity (Wildman–Crippen MR) is 244 cm³/mol. The zero-order valence-electron chi connectivity index (χ0n) is 38.4. The molecule has 0 rings (SSSR count). The molecule has 0 aromatic heterocycles. The zero-order chi connectivity index (χ0) is 41.1. The van der Waals surface area contributed by atoms with E-state index in [1.54, 1.807) is 0 Å². The summed E-state index contributed by atoms with van der Waals surface area (Å²) in [6, 6.07) is 0. The van der Waals surface area contributed by atoms with Crippen LogP contribution in [0.2, 0.25) is 0 Å². The van der Waals surface area contributed by atoms with Crippen molar-refractivity contribution in [1.29, 1.82) is 0 Å². The maximum Gasteiger partial charge on any atom is 0.214 e. The molecule has 0 aliphatic carbocycles. The highest BCUT2D eigenvalue weighted by molar-refractivity contribution is 7.58. The zero-order valence-corrected chi connectivity index (χ0v) is 40.2. The molecule has 0 fully saturated rings. The first kappa shape index (κ1) is 56.4. The second kappa shape index (κ2) is 37.6. The summed E-state index contributed by atoms with van der Waals surface area (Å²) in [5, 5.41) is 0. The largest absolute Gasteiger partial charge is 0.343 e. The summed E-state index contributed by atoms with van der Waals surface area (Å²) >= 11 is 0. The molecule has 328 valence electrons. The van der Waals surface area contributed by atoms with Crippen LogP contribution >= 0.6 is 14.7 Å². The van der Waals surface area contributed by atoms with Crippen LogP contribution in [-0.2, 0) is 9.13 Å². The lowest BCUT2D eigenvalue weighted by Crippen LogP contribution is -2.29. The lowest BCUT2D eigenvalue weighted by atomic mass is 10.0. The summed E-state index contributed by atoms with van der Waals surface area (Å²) in [7, 11) is -6.13. The fraction of sp³-hybridized carbons (Fsp3) is 1.00. The predicted octanol–water partition coefficient (Wildman–Crippen LogP) is 15.1. The van der Waals surface area contributed by atoms with Gasteiger partial charge in [-0.1, -0.05) is 198 Å². The van der Waals surface area contributed by atoms with Gasteiger partial charge in [0.15, 0.2) is 0 Å². The Kier molecular flexibility index (Phi) is 39.2. The summed E-state index contributed by atoms with van der Waals surface area (Å²) in [6.45, 7) is 25.8. The topological polar surface area (TPSA) is 81.1 Å². The van der Waals surface area contributed by atoms with Crippen molar-refractivity contribution in [1.82, 2.24) is 9.80 Å². The lowest BCUT2D eigenvalue weighted by Gasteiger charge is -2.27. The van der Waals surface area contributed by atoms with Gasteiger partial charge in [0, 0.05) is 12.3 Å². The van der Waals surface area contributed by atoms with Crippen molar-refractivity contribution in [2.45, 2.75) is 223 Å². The van der Waals surface area contributed by atoms with Gasteiger partial charge in [-0.15, -0.1) is 0 Å². The van der Waals surface area contributed by atoms with E-state index in [1.807, 2.05) is 0 Å². The van der Waals surface area contributed by atoms with Crippen LogP contribution in [0.4, 0.5) is 0 Å². The van der Waals surface area contributed by atoms with E-state index in [2.05, 4.69) is 79.0 Å². The molecule has 4 atom stereocenters. The highest BCUT2D eigenvalue weighted by Crippen LogP contribution is 2.45. The average Bonchev–Trinajstić information content (AvgIpc) is 3.10. The Bertz CT molecular complexity index is 785. The number of hydrogen-bond acceptors (Lipinski definition) is 4. The molecular formula is C46H100N2O4P2. The van der Waals surface area contributed by atoms with E-state index >= 15 is 0 Å². The third kappa shape index (κ3) is 37.9. The summed E-state index contributed by atoms with van der Waals surface area (Å²) in [5.41, 5.74) is 0. The van der Waals surface area contributed by atoms with Crippen molar-refractivity contribution in [3.63, 3.8) is 0 Å². The second-order valence-corrected chi connectivity index (χ2v) is 22.8. The molecule has 6 nitrogen and oxygen atoms in total. The first-order valence-corrected chi connectivity index (χ1v) is 27.8. The molecule has 0 aromatic carbocycles. The molecule has 0 saturated carbocycles. The molecule has 0 bridgehead atoms.